The summed E-state index contributed by atoms with van der Waals surface area (Å²) < 4.78 is 0. The van der Waals surface area contributed by atoms with Crippen molar-refractivity contribution in [2.45, 2.75) is 0 Å². The molecule has 0 unspecified atom stereocenters. The van der Waals surface area contributed by atoms with E-state index in [1.165, 1.54) is 0 Å². The van der Waals surface area contributed by atoms with E-state index in [4.69, 9.17) is 0 Å². The van der Waals surface area contributed by atoms with E-state index in [9.17, 15) is 4.79 Å². The van der Waals surface area contributed by atoms with Crippen molar-refractivity contribution in [1.82, 2.24) is 4.98 Å². The molecule has 0 bridgehead atoms. The minimum atomic E-state index is -0.0375. The van der Waals surface area contributed by atoms with E-state index in [-0.39, 0.29) is 5.91 Å². The van der Waals surface area contributed by atoms with Crippen molar-refractivity contribution in [3.05, 3.63) is 48.2 Å². The summed E-state index contributed by atoms with van der Waals surface area (Å²) in [6.45, 7) is 0. The number of nitrogens with zero attached hydrogens (tertiary/aromatic N) is 1. The number of hydrogen-bond acceptors (Lipinski definition) is 2. The number of carbonyl (C=O) groups is 1. The number of aromatic amines is 1. The third-order valence-corrected chi connectivity index (χ3v) is 2.65. The van der Waals surface area contributed by atoms with Crippen LogP contribution in [0.1, 0.15) is 10.4 Å². The first-order valence-electron chi connectivity index (χ1n) is 5.41. The van der Waals surface area contributed by atoms with E-state index in [1.807, 2.05) is 43.4 Å². The van der Waals surface area contributed by atoms with Gasteiger partial charge in [-0.15, -0.1) is 0 Å². The molecule has 0 aliphatic heterocycles. The standard InChI is InChI=1S/C13H15N3O/c1-14-11-6-3-5-10(9-11)13(17)16(2)12-7-4-8-15-12/h3-9,14-15H,1-2H3. The molecule has 4 heteroatoms. The predicted molar refractivity (Wildman–Crippen MR) is 69.5 cm³/mol. The number of anilines is 2. The number of amides is 1. The number of nitrogens with one attached hydrogen (secondary N) is 2. The molecule has 0 aliphatic rings. The predicted octanol–water partition coefficient (Wildman–Crippen LogP) is 2.33. The molecule has 1 aromatic heterocycles. The highest BCUT2D eigenvalue weighted by Gasteiger charge is 2.13. The largest absolute Gasteiger partial charge is 0.388 e. The quantitative estimate of drug-likeness (QED) is 0.848. The maximum atomic E-state index is 12.2. The summed E-state index contributed by atoms with van der Waals surface area (Å²) >= 11 is 0. The van der Waals surface area contributed by atoms with Crippen molar-refractivity contribution < 1.29 is 4.79 Å². The molecule has 0 saturated carbocycles. The second kappa shape index (κ2) is 4.74. The monoisotopic (exact) mass is 229 g/mol. The fraction of sp³-hybridized carbons (Fsp3) is 0.154. The molecule has 0 spiro atoms. The molecular formula is C13H15N3O. The zero-order valence-electron chi connectivity index (χ0n) is 9.90. The minimum absolute atomic E-state index is 0.0375. The van der Waals surface area contributed by atoms with Crippen LogP contribution < -0.4 is 10.2 Å². The van der Waals surface area contributed by atoms with Crippen molar-refractivity contribution in [3.63, 3.8) is 0 Å². The van der Waals surface area contributed by atoms with E-state index in [0.717, 1.165) is 11.5 Å². The first kappa shape index (κ1) is 11.3. The highest BCUT2D eigenvalue weighted by atomic mass is 16.2. The van der Waals surface area contributed by atoms with Crippen LogP contribution in [0, 0.1) is 0 Å². The summed E-state index contributed by atoms with van der Waals surface area (Å²) in [5, 5.41) is 3.02. The molecule has 2 N–H and O–H groups in total. The fourth-order valence-electron chi connectivity index (χ4n) is 1.64. The Morgan fingerprint density at radius 2 is 2.12 bits per heavy atom. The average molecular weight is 229 g/mol. The van der Waals surface area contributed by atoms with E-state index >= 15 is 0 Å². The molecule has 2 rings (SSSR count). The maximum absolute atomic E-state index is 12.2. The van der Waals surface area contributed by atoms with Gasteiger partial charge >= 0.3 is 0 Å². The molecule has 88 valence electrons. The van der Waals surface area contributed by atoms with Gasteiger partial charge in [-0.2, -0.15) is 0 Å². The van der Waals surface area contributed by atoms with E-state index in [1.54, 1.807) is 18.1 Å². The molecule has 17 heavy (non-hydrogen) atoms. The first-order valence-corrected chi connectivity index (χ1v) is 5.41. The van der Waals surface area contributed by atoms with Gasteiger partial charge in [0.05, 0.1) is 0 Å². The summed E-state index contributed by atoms with van der Waals surface area (Å²) in [7, 11) is 3.58. The lowest BCUT2D eigenvalue weighted by Crippen LogP contribution is -2.26. The van der Waals surface area contributed by atoms with Crippen LogP contribution in [0.4, 0.5) is 11.5 Å². The van der Waals surface area contributed by atoms with E-state index < -0.39 is 0 Å². The minimum Gasteiger partial charge on any atom is -0.388 e. The second-order valence-electron chi connectivity index (χ2n) is 3.75. The van der Waals surface area contributed by atoms with Crippen LogP contribution >= 0.6 is 0 Å². The third kappa shape index (κ3) is 2.30. The van der Waals surface area contributed by atoms with Gasteiger partial charge in [0.25, 0.3) is 5.91 Å². The van der Waals surface area contributed by atoms with Crippen LogP contribution in [0.3, 0.4) is 0 Å². The summed E-state index contributed by atoms with van der Waals surface area (Å²) in [6, 6.07) is 11.2. The Hall–Kier alpha value is -2.23. The molecule has 0 atom stereocenters. The molecule has 0 aliphatic carbocycles. The van der Waals surface area contributed by atoms with Crippen molar-refractivity contribution in [3.8, 4) is 0 Å². The van der Waals surface area contributed by atoms with Crippen molar-refractivity contribution in [2.24, 2.45) is 0 Å². The molecule has 4 nitrogen and oxygen atoms in total. The van der Waals surface area contributed by atoms with Gasteiger partial charge in [-0.3, -0.25) is 9.69 Å². The normalized spacial score (nSPS) is 10.0. The molecule has 1 amide bonds. The lowest BCUT2D eigenvalue weighted by molar-refractivity contribution is 0.0992. The number of H-pyrrole nitrogens is 1. The Labute approximate surface area is 100 Å². The maximum Gasteiger partial charge on any atom is 0.259 e. The van der Waals surface area contributed by atoms with Crippen molar-refractivity contribution in [1.29, 1.82) is 0 Å². The molecular weight excluding hydrogens is 214 g/mol. The van der Waals surface area contributed by atoms with Gasteiger partial charge < -0.3 is 10.3 Å². The van der Waals surface area contributed by atoms with Crippen molar-refractivity contribution in [2.75, 3.05) is 24.3 Å². The van der Waals surface area contributed by atoms with Gasteiger partial charge in [0.15, 0.2) is 0 Å². The number of rotatable bonds is 3. The van der Waals surface area contributed by atoms with Crippen LogP contribution in [0.5, 0.6) is 0 Å². The zero-order valence-corrected chi connectivity index (χ0v) is 9.90. The van der Waals surface area contributed by atoms with Crippen LogP contribution in [-0.2, 0) is 0 Å². The van der Waals surface area contributed by atoms with Gasteiger partial charge in [-0.05, 0) is 30.3 Å². The molecule has 0 saturated heterocycles. The first-order chi connectivity index (χ1) is 8.22. The van der Waals surface area contributed by atoms with Gasteiger partial charge in [-0.25, -0.2) is 0 Å². The Morgan fingerprint density at radius 3 is 2.76 bits per heavy atom. The molecule has 0 fully saturated rings. The Morgan fingerprint density at radius 1 is 1.29 bits per heavy atom. The van der Waals surface area contributed by atoms with Crippen LogP contribution in [0.25, 0.3) is 0 Å². The zero-order chi connectivity index (χ0) is 12.3. The molecule has 1 aromatic carbocycles. The fourth-order valence-corrected chi connectivity index (χ4v) is 1.64. The topological polar surface area (TPSA) is 48.1 Å². The molecule has 2 aromatic rings. The molecule has 1 heterocycles. The number of aromatic nitrogens is 1. The van der Waals surface area contributed by atoms with Crippen LogP contribution in [0.2, 0.25) is 0 Å². The summed E-state index contributed by atoms with van der Waals surface area (Å²) in [5.74, 6) is 0.745. The Bertz CT molecular complexity index is 505. The van der Waals surface area contributed by atoms with Gasteiger partial charge in [0.2, 0.25) is 0 Å². The summed E-state index contributed by atoms with van der Waals surface area (Å²) in [6.07, 6.45) is 1.79. The van der Waals surface area contributed by atoms with Gasteiger partial charge in [0.1, 0.15) is 5.82 Å². The van der Waals surface area contributed by atoms with Gasteiger partial charge in [0, 0.05) is 31.5 Å². The lowest BCUT2D eigenvalue weighted by Gasteiger charge is -2.15. The van der Waals surface area contributed by atoms with E-state index in [0.29, 0.717) is 5.56 Å². The van der Waals surface area contributed by atoms with Crippen molar-refractivity contribution >= 4 is 17.4 Å². The number of benzene rings is 1. The average Bonchev–Trinajstić information content (AvgIpc) is 2.91. The highest BCUT2D eigenvalue weighted by molar-refractivity contribution is 6.05. The third-order valence-electron chi connectivity index (χ3n) is 2.65. The highest BCUT2D eigenvalue weighted by Crippen LogP contribution is 2.15. The Balaban J connectivity index is 2.24. The Kier molecular flexibility index (Phi) is 3.14. The number of carbonyl (C=O) groups excluding carboxylic acids is 1. The molecule has 0 radical (unpaired) electrons. The van der Waals surface area contributed by atoms with E-state index in [2.05, 4.69) is 10.3 Å². The van der Waals surface area contributed by atoms with Gasteiger partial charge in [-0.1, -0.05) is 6.07 Å². The van der Waals surface area contributed by atoms with Crippen LogP contribution in [-0.4, -0.2) is 25.0 Å². The second-order valence-corrected chi connectivity index (χ2v) is 3.75. The number of hydrogen-bond donors (Lipinski definition) is 2. The lowest BCUT2D eigenvalue weighted by atomic mass is 10.2. The SMILES string of the molecule is CNc1cccc(C(=O)N(C)c2ccc[nH]2)c1. The summed E-state index contributed by atoms with van der Waals surface area (Å²) in [5.41, 5.74) is 1.59. The smallest absolute Gasteiger partial charge is 0.259 e. The van der Waals surface area contributed by atoms with Crippen LogP contribution in [0.15, 0.2) is 42.6 Å². The summed E-state index contributed by atoms with van der Waals surface area (Å²) in [4.78, 5) is 16.8.